The van der Waals surface area contributed by atoms with E-state index in [2.05, 4.69) is 17.1 Å². The highest BCUT2D eigenvalue weighted by molar-refractivity contribution is 5.99. The van der Waals surface area contributed by atoms with Crippen LogP contribution in [-0.4, -0.2) is 37.0 Å². The normalized spacial score (nSPS) is 19.2. The van der Waals surface area contributed by atoms with Crippen LogP contribution in [0.4, 0.5) is 10.1 Å². The number of anilines is 1. The van der Waals surface area contributed by atoms with E-state index < -0.39 is 5.41 Å². The number of nitrogens with zero attached hydrogens (tertiary/aromatic N) is 1. The van der Waals surface area contributed by atoms with Crippen molar-refractivity contribution in [2.24, 2.45) is 5.92 Å². The van der Waals surface area contributed by atoms with Crippen LogP contribution in [0.15, 0.2) is 48.5 Å². The molecule has 0 atom stereocenters. The number of amides is 1. The van der Waals surface area contributed by atoms with Crippen molar-refractivity contribution in [3.8, 4) is 5.75 Å². The average molecular weight is 453 g/mol. The number of benzene rings is 2. The second-order valence-electron chi connectivity index (χ2n) is 9.85. The summed E-state index contributed by atoms with van der Waals surface area (Å²) in [5.41, 5.74) is 1.08. The molecule has 0 radical (unpaired) electrons. The van der Waals surface area contributed by atoms with Gasteiger partial charge in [-0.1, -0.05) is 38.3 Å². The minimum Gasteiger partial charge on any atom is -0.494 e. The van der Waals surface area contributed by atoms with Gasteiger partial charge in [0.25, 0.3) is 0 Å². The van der Waals surface area contributed by atoms with Gasteiger partial charge >= 0.3 is 0 Å². The molecule has 178 valence electrons. The molecule has 1 aliphatic carbocycles. The fourth-order valence-corrected chi connectivity index (χ4v) is 5.22. The Hall–Kier alpha value is -2.40. The second-order valence-corrected chi connectivity index (χ2v) is 9.85. The first-order valence-corrected chi connectivity index (χ1v) is 12.6. The van der Waals surface area contributed by atoms with Gasteiger partial charge in [0.15, 0.2) is 0 Å². The third-order valence-electron chi connectivity index (χ3n) is 7.41. The van der Waals surface area contributed by atoms with Crippen LogP contribution in [0.1, 0.15) is 63.9 Å². The summed E-state index contributed by atoms with van der Waals surface area (Å²) in [6.45, 7) is 6.53. The van der Waals surface area contributed by atoms with Crippen LogP contribution in [0, 0.1) is 11.7 Å². The Kier molecular flexibility index (Phi) is 8.02. The summed E-state index contributed by atoms with van der Waals surface area (Å²) in [5, 5.41) is 3.11. The lowest BCUT2D eigenvalue weighted by Crippen LogP contribution is -2.42. The fourth-order valence-electron chi connectivity index (χ4n) is 5.22. The molecule has 33 heavy (non-hydrogen) atoms. The van der Waals surface area contributed by atoms with Crippen LogP contribution in [0.2, 0.25) is 0 Å². The lowest BCUT2D eigenvalue weighted by Gasteiger charge is -2.36. The van der Waals surface area contributed by atoms with E-state index in [-0.39, 0.29) is 11.7 Å². The standard InChI is InChI=1S/C28H37FN2O2/c1-22-14-19-31(20-15-22)18-5-21-33-26-12-10-25(11-13-26)30-27(32)28(16-3-2-4-17-28)23-6-8-24(29)9-7-23/h6-13,22H,2-5,14-21H2,1H3,(H,30,32). The molecule has 1 aliphatic heterocycles. The average Bonchev–Trinajstić information content (AvgIpc) is 2.85. The van der Waals surface area contributed by atoms with Gasteiger partial charge in [-0.05, 0) is 93.1 Å². The van der Waals surface area contributed by atoms with Crippen molar-refractivity contribution >= 4 is 11.6 Å². The zero-order chi connectivity index (χ0) is 23.1. The number of halogens is 1. The van der Waals surface area contributed by atoms with Gasteiger partial charge in [0, 0.05) is 12.2 Å². The van der Waals surface area contributed by atoms with Crippen molar-refractivity contribution in [2.45, 2.75) is 63.7 Å². The molecule has 1 saturated carbocycles. The molecule has 2 aliphatic rings. The number of carbonyl (C=O) groups excluding carboxylic acids is 1. The van der Waals surface area contributed by atoms with Gasteiger partial charge in [0.1, 0.15) is 11.6 Å². The fraction of sp³-hybridized carbons (Fsp3) is 0.536. The van der Waals surface area contributed by atoms with Crippen LogP contribution >= 0.6 is 0 Å². The molecule has 1 amide bonds. The number of carbonyl (C=O) groups is 1. The second kappa shape index (κ2) is 11.1. The molecule has 5 heteroatoms. The van der Waals surface area contributed by atoms with E-state index in [1.807, 2.05) is 24.3 Å². The first kappa shape index (κ1) is 23.7. The van der Waals surface area contributed by atoms with E-state index in [1.54, 1.807) is 12.1 Å². The van der Waals surface area contributed by atoms with Gasteiger partial charge < -0.3 is 15.0 Å². The van der Waals surface area contributed by atoms with Crippen LogP contribution in [0.25, 0.3) is 0 Å². The largest absolute Gasteiger partial charge is 0.494 e. The van der Waals surface area contributed by atoms with Crippen molar-refractivity contribution in [3.05, 3.63) is 59.9 Å². The van der Waals surface area contributed by atoms with Gasteiger partial charge in [-0.15, -0.1) is 0 Å². The summed E-state index contributed by atoms with van der Waals surface area (Å²) >= 11 is 0. The molecule has 2 aromatic carbocycles. The molecular formula is C28H37FN2O2. The monoisotopic (exact) mass is 452 g/mol. The Morgan fingerprint density at radius 1 is 1.03 bits per heavy atom. The summed E-state index contributed by atoms with van der Waals surface area (Å²) in [4.78, 5) is 15.9. The van der Waals surface area contributed by atoms with E-state index in [9.17, 15) is 9.18 Å². The Labute approximate surface area is 197 Å². The van der Waals surface area contributed by atoms with E-state index in [1.165, 1.54) is 38.1 Å². The molecule has 4 rings (SSSR count). The van der Waals surface area contributed by atoms with Crippen LogP contribution in [0.3, 0.4) is 0 Å². The van der Waals surface area contributed by atoms with Crippen molar-refractivity contribution < 1.29 is 13.9 Å². The van der Waals surface area contributed by atoms with Gasteiger partial charge in [-0.25, -0.2) is 4.39 Å². The molecule has 0 unspecified atom stereocenters. The lowest BCUT2D eigenvalue weighted by atomic mass is 9.68. The number of hydrogen-bond acceptors (Lipinski definition) is 3. The predicted octanol–water partition coefficient (Wildman–Crippen LogP) is 6.17. The van der Waals surface area contributed by atoms with Crippen molar-refractivity contribution in [1.82, 2.24) is 4.90 Å². The van der Waals surface area contributed by atoms with E-state index in [0.29, 0.717) is 6.61 Å². The third-order valence-corrected chi connectivity index (χ3v) is 7.41. The molecule has 0 aromatic heterocycles. The molecule has 4 nitrogen and oxygen atoms in total. The highest BCUT2D eigenvalue weighted by Crippen LogP contribution is 2.40. The van der Waals surface area contributed by atoms with Gasteiger partial charge in [-0.2, -0.15) is 0 Å². The molecule has 2 aromatic rings. The van der Waals surface area contributed by atoms with Gasteiger partial charge in [-0.3, -0.25) is 4.79 Å². The van der Waals surface area contributed by atoms with E-state index >= 15 is 0 Å². The molecule has 0 bridgehead atoms. The number of hydrogen-bond donors (Lipinski definition) is 1. The minimum absolute atomic E-state index is 0.00155. The van der Waals surface area contributed by atoms with Crippen molar-refractivity contribution in [3.63, 3.8) is 0 Å². The molecule has 1 saturated heterocycles. The first-order chi connectivity index (χ1) is 16.0. The smallest absolute Gasteiger partial charge is 0.235 e. The Bertz CT molecular complexity index is 883. The highest BCUT2D eigenvalue weighted by Gasteiger charge is 2.41. The van der Waals surface area contributed by atoms with Crippen LogP contribution < -0.4 is 10.1 Å². The number of ether oxygens (including phenoxy) is 1. The molecule has 1 heterocycles. The molecule has 1 N–H and O–H groups in total. The summed E-state index contributed by atoms with van der Waals surface area (Å²) in [6, 6.07) is 14.1. The topological polar surface area (TPSA) is 41.6 Å². The number of likely N-dealkylation sites (tertiary alicyclic amines) is 1. The number of piperidine rings is 1. The summed E-state index contributed by atoms with van der Waals surface area (Å²) in [6.07, 6.45) is 8.37. The lowest BCUT2D eigenvalue weighted by molar-refractivity contribution is -0.122. The van der Waals surface area contributed by atoms with Crippen LogP contribution in [0.5, 0.6) is 5.75 Å². The first-order valence-electron chi connectivity index (χ1n) is 12.6. The quantitative estimate of drug-likeness (QED) is 0.487. The van der Waals surface area contributed by atoms with Crippen molar-refractivity contribution in [1.29, 1.82) is 0 Å². The predicted molar refractivity (Wildman–Crippen MR) is 131 cm³/mol. The van der Waals surface area contributed by atoms with Crippen molar-refractivity contribution in [2.75, 3.05) is 31.6 Å². The number of nitrogens with one attached hydrogen (secondary N) is 1. The SMILES string of the molecule is CC1CCN(CCCOc2ccc(NC(=O)C3(c4ccc(F)cc4)CCCCC3)cc2)CC1. The summed E-state index contributed by atoms with van der Waals surface area (Å²) in [7, 11) is 0. The molecule has 0 spiro atoms. The molecular weight excluding hydrogens is 415 g/mol. The van der Waals surface area contributed by atoms with Crippen LogP contribution in [-0.2, 0) is 10.2 Å². The van der Waals surface area contributed by atoms with E-state index in [0.717, 1.165) is 68.0 Å². The Morgan fingerprint density at radius 3 is 2.36 bits per heavy atom. The zero-order valence-corrected chi connectivity index (χ0v) is 19.8. The van der Waals surface area contributed by atoms with Gasteiger partial charge in [0.05, 0.1) is 12.0 Å². The summed E-state index contributed by atoms with van der Waals surface area (Å²) in [5.74, 6) is 1.41. The molecule has 2 fully saturated rings. The Balaban J connectivity index is 1.30. The van der Waals surface area contributed by atoms with E-state index in [4.69, 9.17) is 4.74 Å². The number of rotatable bonds is 8. The van der Waals surface area contributed by atoms with Gasteiger partial charge in [0.2, 0.25) is 5.91 Å². The maximum absolute atomic E-state index is 13.5. The Morgan fingerprint density at radius 2 is 1.70 bits per heavy atom. The zero-order valence-electron chi connectivity index (χ0n) is 19.8. The highest BCUT2D eigenvalue weighted by atomic mass is 19.1. The third kappa shape index (κ3) is 6.14. The minimum atomic E-state index is -0.590. The maximum Gasteiger partial charge on any atom is 0.235 e. The maximum atomic E-state index is 13.5. The summed E-state index contributed by atoms with van der Waals surface area (Å²) < 4.78 is 19.4.